The van der Waals surface area contributed by atoms with Crippen molar-refractivity contribution in [2.45, 2.75) is 52.4 Å². The molecule has 5 rings (SSSR count). The molecule has 9 nitrogen and oxygen atoms in total. The highest BCUT2D eigenvalue weighted by molar-refractivity contribution is 7.71. The van der Waals surface area contributed by atoms with Gasteiger partial charge in [0.25, 0.3) is 11.1 Å². The quantitative estimate of drug-likeness (QED) is 0.194. The molecule has 0 unspecified atom stereocenters. The van der Waals surface area contributed by atoms with Crippen molar-refractivity contribution < 1.29 is 0 Å². The van der Waals surface area contributed by atoms with Crippen LogP contribution in [0.1, 0.15) is 63.8 Å². The number of nitrogens with one attached hydrogen (secondary N) is 2. The Bertz CT molecular complexity index is 2070. The molecule has 3 heterocycles. The van der Waals surface area contributed by atoms with Crippen LogP contribution >= 0.6 is 23.6 Å². The van der Waals surface area contributed by atoms with Gasteiger partial charge in [-0.15, -0.1) is 11.3 Å². The molecule has 0 fully saturated rings. The molecule has 0 amide bonds. The van der Waals surface area contributed by atoms with E-state index in [1.54, 1.807) is 5.38 Å². The number of nitrogens with two attached hydrogens (primary N) is 1. The third-order valence-electron chi connectivity index (χ3n) is 6.83. The average Bonchev–Trinajstić information content (AvgIpc) is 3.32. The summed E-state index contributed by atoms with van der Waals surface area (Å²) in [5.74, 6) is 0.300. The normalized spacial score (nSPS) is 11.3. The van der Waals surface area contributed by atoms with E-state index in [1.165, 1.54) is 26.9 Å². The molecule has 11 heteroatoms. The first kappa shape index (κ1) is 31.1. The SMILES string of the molecule is CC(C)(C)c1ccc(-c2[nH]c(=S)[nH]c(=O)c2C#N)cc1.CC(C)(C)c1ccc(-c2nc3scc(N)n3c(=O)c2C#N)cc1. The Morgan fingerprint density at radius 3 is 1.84 bits per heavy atom. The summed E-state index contributed by atoms with van der Waals surface area (Å²) in [6.07, 6.45) is 0. The minimum absolute atomic E-state index is 0.0103. The van der Waals surface area contributed by atoms with Gasteiger partial charge in [0.05, 0.1) is 11.4 Å². The van der Waals surface area contributed by atoms with Crippen LogP contribution in [-0.2, 0) is 10.8 Å². The summed E-state index contributed by atoms with van der Waals surface area (Å²) in [5, 5.41) is 20.2. The van der Waals surface area contributed by atoms with Crippen LogP contribution in [0.3, 0.4) is 0 Å². The fourth-order valence-electron chi connectivity index (χ4n) is 4.36. The van der Waals surface area contributed by atoms with Gasteiger partial charge in [0.1, 0.15) is 29.1 Å². The number of benzene rings is 2. The Kier molecular flexibility index (Phi) is 8.54. The highest BCUT2D eigenvalue weighted by Gasteiger charge is 2.19. The molecule has 0 atom stereocenters. The zero-order chi connectivity index (χ0) is 31.7. The summed E-state index contributed by atoms with van der Waals surface area (Å²) in [5.41, 5.74) is 9.78. The first-order valence-corrected chi connectivity index (χ1v) is 14.6. The second-order valence-corrected chi connectivity index (χ2v) is 13.2. The monoisotopic (exact) mass is 609 g/mol. The number of nitrogen functional groups attached to an aromatic ring is 1. The van der Waals surface area contributed by atoms with E-state index in [4.69, 9.17) is 23.2 Å². The van der Waals surface area contributed by atoms with E-state index in [2.05, 4.69) is 56.5 Å². The Labute approximate surface area is 257 Å². The van der Waals surface area contributed by atoms with Crippen LogP contribution in [-0.4, -0.2) is 19.4 Å². The van der Waals surface area contributed by atoms with Gasteiger partial charge in [-0.2, -0.15) is 10.5 Å². The van der Waals surface area contributed by atoms with Crippen molar-refractivity contribution in [1.82, 2.24) is 19.4 Å². The van der Waals surface area contributed by atoms with E-state index >= 15 is 0 Å². The zero-order valence-corrected chi connectivity index (χ0v) is 26.3. The molecular formula is C32H31N7O2S2. The molecule has 3 aromatic heterocycles. The van der Waals surface area contributed by atoms with Crippen molar-refractivity contribution in [2.75, 3.05) is 5.73 Å². The lowest BCUT2D eigenvalue weighted by atomic mass is 9.86. The van der Waals surface area contributed by atoms with E-state index in [0.29, 0.717) is 22.2 Å². The molecule has 2 aromatic carbocycles. The number of hydrogen-bond donors (Lipinski definition) is 3. The van der Waals surface area contributed by atoms with Crippen LogP contribution in [0.5, 0.6) is 0 Å². The number of thiazole rings is 1. The summed E-state index contributed by atoms with van der Waals surface area (Å²) in [7, 11) is 0. The number of hydrogen-bond acceptors (Lipinski definition) is 8. The molecule has 0 radical (unpaired) electrons. The van der Waals surface area contributed by atoms with Gasteiger partial charge >= 0.3 is 0 Å². The number of rotatable bonds is 2. The Balaban J connectivity index is 0.000000199. The number of anilines is 1. The second-order valence-electron chi connectivity index (χ2n) is 12.0. The number of H-pyrrole nitrogens is 2. The van der Waals surface area contributed by atoms with Crippen molar-refractivity contribution in [3.8, 4) is 34.7 Å². The van der Waals surface area contributed by atoms with Crippen LogP contribution < -0.4 is 16.9 Å². The molecule has 0 aliphatic heterocycles. The lowest BCUT2D eigenvalue weighted by Gasteiger charge is -2.19. The summed E-state index contributed by atoms with van der Waals surface area (Å²) in [6.45, 7) is 12.8. The maximum absolute atomic E-state index is 12.5. The van der Waals surface area contributed by atoms with Crippen LogP contribution in [0, 0.1) is 27.4 Å². The number of nitrogens with zero attached hydrogens (tertiary/aromatic N) is 4. The Morgan fingerprint density at radius 2 is 1.35 bits per heavy atom. The van der Waals surface area contributed by atoms with Crippen LogP contribution in [0.2, 0.25) is 0 Å². The number of aromatic amines is 2. The highest BCUT2D eigenvalue weighted by atomic mass is 32.1. The molecule has 0 saturated heterocycles. The predicted octanol–water partition coefficient (Wildman–Crippen LogP) is 6.44. The van der Waals surface area contributed by atoms with Crippen LogP contribution in [0.15, 0.2) is 63.5 Å². The summed E-state index contributed by atoms with van der Waals surface area (Å²) >= 11 is 6.24. The maximum atomic E-state index is 12.5. The van der Waals surface area contributed by atoms with E-state index < -0.39 is 11.1 Å². The molecule has 0 spiro atoms. The molecular weight excluding hydrogens is 579 g/mol. The maximum Gasteiger partial charge on any atom is 0.278 e. The third-order valence-corrected chi connectivity index (χ3v) is 7.87. The first-order valence-electron chi connectivity index (χ1n) is 13.3. The second kappa shape index (κ2) is 11.8. The number of fused-ring (bicyclic) bond motifs is 1. The van der Waals surface area contributed by atoms with E-state index in [0.717, 1.165) is 11.1 Å². The van der Waals surface area contributed by atoms with Crippen LogP contribution in [0.4, 0.5) is 5.82 Å². The fraction of sp³-hybridized carbons (Fsp3) is 0.250. The minimum Gasteiger partial charge on any atom is -0.384 e. The van der Waals surface area contributed by atoms with Gasteiger partial charge < -0.3 is 10.7 Å². The summed E-state index contributed by atoms with van der Waals surface area (Å²) in [4.78, 5) is 34.5. The number of aromatic nitrogens is 4. The van der Waals surface area contributed by atoms with Crippen molar-refractivity contribution >= 4 is 34.3 Å². The molecule has 0 aliphatic rings. The third kappa shape index (κ3) is 6.49. The fourth-order valence-corrected chi connectivity index (χ4v) is 5.32. The summed E-state index contributed by atoms with van der Waals surface area (Å²) < 4.78 is 1.49. The zero-order valence-electron chi connectivity index (χ0n) is 24.7. The first-order chi connectivity index (χ1) is 20.1. The molecule has 5 aromatic rings. The molecule has 0 saturated carbocycles. The number of nitriles is 2. The Morgan fingerprint density at radius 1 is 0.837 bits per heavy atom. The lowest BCUT2D eigenvalue weighted by Crippen LogP contribution is -2.19. The molecule has 218 valence electrons. The van der Waals surface area contributed by atoms with Crippen molar-refractivity contribution in [3.05, 3.63) is 102 Å². The van der Waals surface area contributed by atoms with Gasteiger partial charge in [-0.05, 0) is 39.7 Å². The van der Waals surface area contributed by atoms with Gasteiger partial charge in [0.15, 0.2) is 9.73 Å². The van der Waals surface area contributed by atoms with Gasteiger partial charge in [0.2, 0.25) is 0 Å². The smallest absolute Gasteiger partial charge is 0.278 e. The minimum atomic E-state index is -0.467. The van der Waals surface area contributed by atoms with Crippen LogP contribution in [0.25, 0.3) is 27.5 Å². The van der Waals surface area contributed by atoms with Gasteiger partial charge in [-0.3, -0.25) is 14.6 Å². The molecule has 0 aliphatic carbocycles. The molecule has 0 bridgehead atoms. The van der Waals surface area contributed by atoms with Gasteiger partial charge in [-0.25, -0.2) is 9.38 Å². The highest BCUT2D eigenvalue weighted by Crippen LogP contribution is 2.28. The van der Waals surface area contributed by atoms with Crippen molar-refractivity contribution in [2.24, 2.45) is 0 Å². The van der Waals surface area contributed by atoms with Crippen molar-refractivity contribution in [3.63, 3.8) is 0 Å². The predicted molar refractivity (Wildman–Crippen MR) is 174 cm³/mol. The molecule has 43 heavy (non-hydrogen) atoms. The van der Waals surface area contributed by atoms with Gasteiger partial charge in [-0.1, -0.05) is 90.1 Å². The van der Waals surface area contributed by atoms with E-state index in [-0.39, 0.29) is 26.7 Å². The Hall–Kier alpha value is -4.84. The van der Waals surface area contributed by atoms with E-state index in [9.17, 15) is 14.9 Å². The largest absolute Gasteiger partial charge is 0.384 e. The standard InChI is InChI=1S/C17H16N4OS.C15H15N3OS/c1-17(2,3)11-6-4-10(5-7-11)14-12(8-18)15(22)21-13(19)9-23-16(21)20-14;1-15(2,3)10-6-4-9(5-7-10)12-11(8-16)13(19)18-14(20)17-12/h4-7,9H,19H2,1-3H3;4-7H,1-3H3,(H2,17,18,19,20). The topological polar surface area (TPSA) is 157 Å². The average molecular weight is 610 g/mol. The van der Waals surface area contributed by atoms with E-state index in [1.807, 2.05) is 60.7 Å². The lowest BCUT2D eigenvalue weighted by molar-refractivity contribution is 0.590. The molecule has 4 N–H and O–H groups in total. The van der Waals surface area contributed by atoms with Crippen molar-refractivity contribution in [1.29, 1.82) is 10.5 Å². The van der Waals surface area contributed by atoms with Gasteiger partial charge in [0, 0.05) is 10.9 Å². The summed E-state index contributed by atoms with van der Waals surface area (Å²) in [6, 6.07) is 19.5.